The number of alkyl halides is 3. The Bertz CT molecular complexity index is 913. The Balaban J connectivity index is 2.79. The third-order valence-electron chi connectivity index (χ3n) is 3.20. The maximum Gasteiger partial charge on any atom is 0.431 e. The van der Waals surface area contributed by atoms with E-state index in [0.29, 0.717) is 15.2 Å². The standard InChI is InChI=1S/C14H10ClF3N2O3/c1-7(21)9-5-8(3-4-10(9)15)20-12(22)6-11(14(16,17)18)19(2)13(20)23/h3-6H,1-2H3. The van der Waals surface area contributed by atoms with Crippen LogP contribution in [-0.2, 0) is 13.2 Å². The molecule has 0 bridgehead atoms. The lowest BCUT2D eigenvalue weighted by atomic mass is 10.1. The van der Waals surface area contributed by atoms with Crippen LogP contribution in [0.15, 0.2) is 33.9 Å². The number of Topliss-reactive ketones (excluding diaryl/α,β-unsaturated/α-hetero) is 1. The highest BCUT2D eigenvalue weighted by atomic mass is 35.5. The number of carbonyl (C=O) groups is 1. The first-order chi connectivity index (χ1) is 10.5. The Morgan fingerprint density at radius 2 is 1.78 bits per heavy atom. The van der Waals surface area contributed by atoms with Crippen molar-refractivity contribution < 1.29 is 18.0 Å². The summed E-state index contributed by atoms with van der Waals surface area (Å²) in [6.45, 7) is 1.23. The lowest BCUT2D eigenvalue weighted by Gasteiger charge is -2.14. The quantitative estimate of drug-likeness (QED) is 0.785. The van der Waals surface area contributed by atoms with Crippen molar-refractivity contribution in [2.24, 2.45) is 7.05 Å². The van der Waals surface area contributed by atoms with Gasteiger partial charge in [0.1, 0.15) is 5.69 Å². The van der Waals surface area contributed by atoms with E-state index < -0.39 is 28.9 Å². The molecule has 122 valence electrons. The Labute approximate surface area is 132 Å². The zero-order valence-electron chi connectivity index (χ0n) is 11.9. The fourth-order valence-electron chi connectivity index (χ4n) is 2.06. The molecule has 5 nitrogen and oxygen atoms in total. The van der Waals surface area contributed by atoms with E-state index in [1.165, 1.54) is 25.1 Å². The van der Waals surface area contributed by atoms with Gasteiger partial charge in [-0.2, -0.15) is 13.2 Å². The van der Waals surface area contributed by atoms with Gasteiger partial charge in [0.15, 0.2) is 5.78 Å². The minimum Gasteiger partial charge on any atom is -0.294 e. The van der Waals surface area contributed by atoms with Crippen molar-refractivity contribution in [1.82, 2.24) is 9.13 Å². The smallest absolute Gasteiger partial charge is 0.294 e. The van der Waals surface area contributed by atoms with Gasteiger partial charge >= 0.3 is 11.9 Å². The largest absolute Gasteiger partial charge is 0.431 e. The third-order valence-corrected chi connectivity index (χ3v) is 3.53. The second kappa shape index (κ2) is 5.69. The molecule has 0 aliphatic carbocycles. The van der Waals surface area contributed by atoms with Gasteiger partial charge in [-0.3, -0.25) is 14.2 Å². The van der Waals surface area contributed by atoms with Crippen LogP contribution in [0, 0.1) is 0 Å². The maximum atomic E-state index is 12.8. The maximum absolute atomic E-state index is 12.8. The van der Waals surface area contributed by atoms with E-state index >= 15 is 0 Å². The van der Waals surface area contributed by atoms with Crippen molar-refractivity contribution in [2.45, 2.75) is 13.1 Å². The summed E-state index contributed by atoms with van der Waals surface area (Å²) < 4.78 is 39.2. The molecule has 2 rings (SSSR count). The van der Waals surface area contributed by atoms with Gasteiger partial charge in [0.05, 0.1) is 10.7 Å². The molecular weight excluding hydrogens is 337 g/mol. The molecule has 9 heteroatoms. The number of ketones is 1. The number of nitrogens with zero attached hydrogens (tertiary/aromatic N) is 2. The molecule has 0 spiro atoms. The minimum atomic E-state index is -4.84. The number of halogens is 4. The molecule has 0 radical (unpaired) electrons. The van der Waals surface area contributed by atoms with Crippen molar-refractivity contribution in [1.29, 1.82) is 0 Å². The summed E-state index contributed by atoms with van der Waals surface area (Å²) in [7, 11) is 0.906. The van der Waals surface area contributed by atoms with E-state index in [1.54, 1.807) is 0 Å². The van der Waals surface area contributed by atoms with Gasteiger partial charge in [-0.05, 0) is 25.1 Å². The SMILES string of the molecule is CC(=O)c1cc(-n2c(=O)cc(C(F)(F)F)n(C)c2=O)ccc1Cl. The van der Waals surface area contributed by atoms with Crippen LogP contribution in [0.2, 0.25) is 5.02 Å². The van der Waals surface area contributed by atoms with Gasteiger partial charge in [0.25, 0.3) is 5.56 Å². The first kappa shape index (κ1) is 17.0. The Kier molecular flexibility index (Phi) is 4.21. The van der Waals surface area contributed by atoms with Crippen molar-refractivity contribution in [2.75, 3.05) is 0 Å². The van der Waals surface area contributed by atoms with E-state index in [1.807, 2.05) is 0 Å². The van der Waals surface area contributed by atoms with Crippen LogP contribution in [0.1, 0.15) is 23.0 Å². The predicted octanol–water partition coefficient (Wildman–Crippen LogP) is 2.41. The van der Waals surface area contributed by atoms with Gasteiger partial charge < -0.3 is 0 Å². The molecule has 0 fully saturated rings. The molecule has 0 atom stereocenters. The van der Waals surface area contributed by atoms with Gasteiger partial charge in [0, 0.05) is 18.7 Å². The fourth-order valence-corrected chi connectivity index (χ4v) is 2.31. The molecule has 0 amide bonds. The second-order valence-electron chi connectivity index (χ2n) is 4.76. The van der Waals surface area contributed by atoms with E-state index in [4.69, 9.17) is 11.6 Å². The van der Waals surface area contributed by atoms with Crippen molar-refractivity contribution >= 4 is 17.4 Å². The lowest BCUT2D eigenvalue weighted by molar-refractivity contribution is -0.144. The molecule has 0 saturated heterocycles. The molecule has 23 heavy (non-hydrogen) atoms. The van der Waals surface area contributed by atoms with Crippen LogP contribution in [0.4, 0.5) is 13.2 Å². The summed E-state index contributed by atoms with van der Waals surface area (Å²) in [4.78, 5) is 35.6. The second-order valence-corrected chi connectivity index (χ2v) is 5.17. The van der Waals surface area contributed by atoms with E-state index in [9.17, 15) is 27.6 Å². The number of hydrogen-bond acceptors (Lipinski definition) is 3. The number of benzene rings is 1. The van der Waals surface area contributed by atoms with Crippen LogP contribution >= 0.6 is 11.6 Å². The molecule has 2 aromatic rings. The zero-order valence-corrected chi connectivity index (χ0v) is 12.7. The first-order valence-electron chi connectivity index (χ1n) is 6.25. The molecule has 0 aliphatic rings. The molecule has 0 aliphatic heterocycles. The predicted molar refractivity (Wildman–Crippen MR) is 77.3 cm³/mol. The van der Waals surface area contributed by atoms with E-state index in [-0.39, 0.29) is 16.3 Å². The van der Waals surface area contributed by atoms with Gasteiger partial charge in [-0.15, -0.1) is 0 Å². The summed E-state index contributed by atoms with van der Waals surface area (Å²) in [5.74, 6) is -0.409. The highest BCUT2D eigenvalue weighted by molar-refractivity contribution is 6.33. The molecule has 0 saturated carbocycles. The first-order valence-corrected chi connectivity index (χ1v) is 6.63. The molecule has 1 aromatic heterocycles. The minimum absolute atomic E-state index is 0.0427. The Hall–Kier alpha value is -2.35. The summed E-state index contributed by atoms with van der Waals surface area (Å²) in [6, 6.07) is 4.06. The molecule has 0 N–H and O–H groups in total. The highest BCUT2D eigenvalue weighted by Gasteiger charge is 2.35. The van der Waals surface area contributed by atoms with E-state index in [2.05, 4.69) is 0 Å². The number of aromatic nitrogens is 2. The molecule has 0 unspecified atom stereocenters. The fraction of sp³-hybridized carbons (Fsp3) is 0.214. The highest BCUT2D eigenvalue weighted by Crippen LogP contribution is 2.27. The van der Waals surface area contributed by atoms with Crippen molar-refractivity contribution in [3.8, 4) is 5.69 Å². The zero-order chi connectivity index (χ0) is 17.5. The Morgan fingerprint density at radius 1 is 1.17 bits per heavy atom. The molecule has 1 aromatic carbocycles. The average molecular weight is 347 g/mol. The topological polar surface area (TPSA) is 61.1 Å². The summed E-state index contributed by atoms with van der Waals surface area (Å²) in [5.41, 5.74) is -3.68. The van der Waals surface area contributed by atoms with Crippen LogP contribution in [0.25, 0.3) is 5.69 Å². The van der Waals surface area contributed by atoms with Crippen LogP contribution in [0.5, 0.6) is 0 Å². The molecule has 1 heterocycles. The number of rotatable bonds is 2. The summed E-state index contributed by atoms with van der Waals surface area (Å²) >= 11 is 5.83. The normalized spacial score (nSPS) is 11.6. The van der Waals surface area contributed by atoms with Gasteiger partial charge in [-0.1, -0.05) is 11.6 Å². The summed E-state index contributed by atoms with van der Waals surface area (Å²) in [5, 5.41) is 0.109. The van der Waals surface area contributed by atoms with Crippen molar-refractivity contribution in [3.63, 3.8) is 0 Å². The lowest BCUT2D eigenvalue weighted by Crippen LogP contribution is -2.40. The number of hydrogen-bond donors (Lipinski definition) is 0. The van der Waals surface area contributed by atoms with E-state index in [0.717, 1.165) is 7.05 Å². The monoisotopic (exact) mass is 346 g/mol. The van der Waals surface area contributed by atoms with Crippen LogP contribution < -0.4 is 11.2 Å². The summed E-state index contributed by atoms with van der Waals surface area (Å²) in [6.07, 6.45) is -4.84. The average Bonchev–Trinajstić information content (AvgIpc) is 2.43. The van der Waals surface area contributed by atoms with Crippen LogP contribution in [-0.4, -0.2) is 14.9 Å². The third kappa shape index (κ3) is 3.07. The molecular formula is C14H10ClF3N2O3. The number of carbonyl (C=O) groups excluding carboxylic acids is 1. The van der Waals surface area contributed by atoms with Gasteiger partial charge in [-0.25, -0.2) is 9.36 Å². The Morgan fingerprint density at radius 3 is 2.30 bits per heavy atom. The van der Waals surface area contributed by atoms with Crippen LogP contribution in [0.3, 0.4) is 0 Å². The van der Waals surface area contributed by atoms with Crippen molar-refractivity contribution in [3.05, 3.63) is 61.4 Å². The van der Waals surface area contributed by atoms with Gasteiger partial charge in [0.2, 0.25) is 0 Å².